The van der Waals surface area contributed by atoms with Crippen LogP contribution in [-0.2, 0) is 6.54 Å². The number of hydrogen-bond donors (Lipinski definition) is 1. The summed E-state index contributed by atoms with van der Waals surface area (Å²) in [5, 5.41) is 2.89. The lowest BCUT2D eigenvalue weighted by Crippen LogP contribution is -2.23. The van der Waals surface area contributed by atoms with Gasteiger partial charge in [-0.2, -0.15) is 0 Å². The largest absolute Gasteiger partial charge is 0.497 e. The van der Waals surface area contributed by atoms with Crippen LogP contribution in [0.15, 0.2) is 72.8 Å². The molecule has 0 aliphatic heterocycles. The summed E-state index contributed by atoms with van der Waals surface area (Å²) in [6.45, 7) is 0.480. The summed E-state index contributed by atoms with van der Waals surface area (Å²) in [6.07, 6.45) is 0. The maximum atomic E-state index is 12.3. The van der Waals surface area contributed by atoms with Crippen molar-refractivity contribution in [1.29, 1.82) is 0 Å². The van der Waals surface area contributed by atoms with Crippen molar-refractivity contribution >= 4 is 5.91 Å². The Bertz CT molecular complexity index is 815. The SMILES string of the molecule is COc1ccc(-c2cccc(C(=O)NCc3ccccc3)n2)cc1. The molecule has 0 saturated heterocycles. The summed E-state index contributed by atoms with van der Waals surface area (Å²) in [6, 6.07) is 22.8. The third-order valence-electron chi connectivity index (χ3n) is 3.66. The van der Waals surface area contributed by atoms with E-state index in [-0.39, 0.29) is 5.91 Å². The van der Waals surface area contributed by atoms with E-state index in [4.69, 9.17) is 4.74 Å². The van der Waals surface area contributed by atoms with Crippen molar-refractivity contribution < 1.29 is 9.53 Å². The molecule has 1 amide bonds. The number of benzene rings is 2. The lowest BCUT2D eigenvalue weighted by atomic mass is 10.1. The van der Waals surface area contributed by atoms with Gasteiger partial charge in [-0.05, 0) is 42.0 Å². The molecule has 120 valence electrons. The average molecular weight is 318 g/mol. The van der Waals surface area contributed by atoms with Gasteiger partial charge in [0.25, 0.3) is 5.91 Å². The van der Waals surface area contributed by atoms with Crippen LogP contribution < -0.4 is 10.1 Å². The van der Waals surface area contributed by atoms with E-state index in [0.717, 1.165) is 22.6 Å². The number of methoxy groups -OCH3 is 1. The van der Waals surface area contributed by atoms with Crippen molar-refractivity contribution in [3.63, 3.8) is 0 Å². The highest BCUT2D eigenvalue weighted by Gasteiger charge is 2.09. The van der Waals surface area contributed by atoms with Gasteiger partial charge in [0.2, 0.25) is 0 Å². The van der Waals surface area contributed by atoms with Crippen molar-refractivity contribution in [3.05, 3.63) is 84.1 Å². The van der Waals surface area contributed by atoms with Gasteiger partial charge in [0.1, 0.15) is 11.4 Å². The number of aromatic nitrogens is 1. The first-order chi connectivity index (χ1) is 11.8. The molecule has 2 aromatic carbocycles. The van der Waals surface area contributed by atoms with E-state index in [1.54, 1.807) is 13.2 Å². The summed E-state index contributed by atoms with van der Waals surface area (Å²) < 4.78 is 5.16. The lowest BCUT2D eigenvalue weighted by Gasteiger charge is -2.07. The van der Waals surface area contributed by atoms with E-state index in [2.05, 4.69) is 10.3 Å². The summed E-state index contributed by atoms with van der Waals surface area (Å²) in [5.74, 6) is 0.602. The molecule has 0 radical (unpaired) electrons. The van der Waals surface area contributed by atoms with Gasteiger partial charge in [-0.3, -0.25) is 4.79 Å². The Morgan fingerprint density at radius 2 is 1.71 bits per heavy atom. The Labute approximate surface area is 141 Å². The first-order valence-electron chi connectivity index (χ1n) is 7.70. The normalized spacial score (nSPS) is 10.2. The minimum Gasteiger partial charge on any atom is -0.497 e. The molecule has 0 saturated carbocycles. The minimum absolute atomic E-state index is 0.186. The molecule has 0 fully saturated rings. The summed E-state index contributed by atoms with van der Waals surface area (Å²) >= 11 is 0. The molecule has 4 nitrogen and oxygen atoms in total. The Morgan fingerprint density at radius 1 is 0.958 bits per heavy atom. The molecule has 0 atom stereocenters. The molecule has 1 N–H and O–H groups in total. The van der Waals surface area contributed by atoms with Crippen LogP contribution in [0.3, 0.4) is 0 Å². The first-order valence-corrected chi connectivity index (χ1v) is 7.70. The van der Waals surface area contributed by atoms with Gasteiger partial charge >= 0.3 is 0 Å². The maximum Gasteiger partial charge on any atom is 0.270 e. The molecule has 0 bridgehead atoms. The highest BCUT2D eigenvalue weighted by molar-refractivity contribution is 5.92. The van der Waals surface area contributed by atoms with Crippen molar-refractivity contribution in [2.45, 2.75) is 6.54 Å². The second-order valence-electron chi connectivity index (χ2n) is 5.30. The van der Waals surface area contributed by atoms with Gasteiger partial charge in [-0.15, -0.1) is 0 Å². The number of nitrogens with zero attached hydrogens (tertiary/aromatic N) is 1. The van der Waals surface area contributed by atoms with E-state index in [0.29, 0.717) is 12.2 Å². The number of carbonyl (C=O) groups is 1. The molecule has 0 spiro atoms. The van der Waals surface area contributed by atoms with Gasteiger partial charge in [0.15, 0.2) is 0 Å². The van der Waals surface area contributed by atoms with Crippen LogP contribution in [0, 0.1) is 0 Å². The molecule has 0 aliphatic rings. The number of pyridine rings is 1. The average Bonchev–Trinajstić information content (AvgIpc) is 2.67. The van der Waals surface area contributed by atoms with Crippen LogP contribution in [0.4, 0.5) is 0 Å². The van der Waals surface area contributed by atoms with Gasteiger partial charge in [-0.1, -0.05) is 36.4 Å². The Morgan fingerprint density at radius 3 is 2.42 bits per heavy atom. The third kappa shape index (κ3) is 3.79. The van der Waals surface area contributed by atoms with Crippen molar-refractivity contribution in [1.82, 2.24) is 10.3 Å². The molecule has 0 aliphatic carbocycles. The van der Waals surface area contributed by atoms with Gasteiger partial charge < -0.3 is 10.1 Å². The zero-order chi connectivity index (χ0) is 16.8. The first kappa shape index (κ1) is 15.7. The predicted octanol–water partition coefficient (Wildman–Crippen LogP) is 3.69. The Kier molecular flexibility index (Phi) is 4.87. The van der Waals surface area contributed by atoms with E-state index in [9.17, 15) is 4.79 Å². The molecule has 1 aromatic heterocycles. The highest BCUT2D eigenvalue weighted by atomic mass is 16.5. The fourth-order valence-corrected chi connectivity index (χ4v) is 2.35. The number of carbonyl (C=O) groups excluding carboxylic acids is 1. The highest BCUT2D eigenvalue weighted by Crippen LogP contribution is 2.20. The number of hydrogen-bond acceptors (Lipinski definition) is 3. The second kappa shape index (κ2) is 7.42. The molecular formula is C20H18N2O2. The Balaban J connectivity index is 1.73. The van der Waals surface area contributed by atoms with Gasteiger partial charge in [-0.25, -0.2) is 4.98 Å². The molecular weight excluding hydrogens is 300 g/mol. The molecule has 3 rings (SSSR count). The molecule has 1 heterocycles. The number of rotatable bonds is 5. The zero-order valence-corrected chi connectivity index (χ0v) is 13.4. The summed E-state index contributed by atoms with van der Waals surface area (Å²) in [5.41, 5.74) is 3.15. The van der Waals surface area contributed by atoms with E-state index in [1.807, 2.05) is 66.7 Å². The molecule has 24 heavy (non-hydrogen) atoms. The van der Waals surface area contributed by atoms with Crippen LogP contribution in [-0.4, -0.2) is 18.0 Å². The molecule has 4 heteroatoms. The van der Waals surface area contributed by atoms with Crippen LogP contribution >= 0.6 is 0 Å². The quantitative estimate of drug-likeness (QED) is 0.780. The van der Waals surface area contributed by atoms with Crippen molar-refractivity contribution in [3.8, 4) is 17.0 Å². The van der Waals surface area contributed by atoms with Crippen LogP contribution in [0.25, 0.3) is 11.3 Å². The van der Waals surface area contributed by atoms with E-state index in [1.165, 1.54) is 0 Å². The topological polar surface area (TPSA) is 51.2 Å². The molecule has 3 aromatic rings. The monoisotopic (exact) mass is 318 g/mol. The number of nitrogens with one attached hydrogen (secondary N) is 1. The standard InChI is InChI=1S/C20H18N2O2/c1-24-17-12-10-16(11-13-17)18-8-5-9-19(22-18)20(23)21-14-15-6-3-2-4-7-15/h2-13H,14H2,1H3,(H,21,23). The lowest BCUT2D eigenvalue weighted by molar-refractivity contribution is 0.0946. The van der Waals surface area contributed by atoms with Crippen LogP contribution in [0.2, 0.25) is 0 Å². The number of ether oxygens (including phenoxy) is 1. The van der Waals surface area contributed by atoms with Crippen LogP contribution in [0.5, 0.6) is 5.75 Å². The molecule has 0 unspecified atom stereocenters. The van der Waals surface area contributed by atoms with Crippen molar-refractivity contribution in [2.75, 3.05) is 7.11 Å². The van der Waals surface area contributed by atoms with E-state index >= 15 is 0 Å². The Hall–Kier alpha value is -3.14. The maximum absolute atomic E-state index is 12.3. The minimum atomic E-state index is -0.186. The fraction of sp³-hybridized carbons (Fsp3) is 0.100. The smallest absolute Gasteiger partial charge is 0.270 e. The number of amides is 1. The van der Waals surface area contributed by atoms with Gasteiger partial charge in [0.05, 0.1) is 12.8 Å². The predicted molar refractivity (Wildman–Crippen MR) is 93.8 cm³/mol. The van der Waals surface area contributed by atoms with Crippen LogP contribution in [0.1, 0.15) is 16.1 Å². The fourth-order valence-electron chi connectivity index (χ4n) is 2.35. The van der Waals surface area contributed by atoms with Gasteiger partial charge in [0, 0.05) is 12.1 Å². The summed E-state index contributed by atoms with van der Waals surface area (Å²) in [7, 11) is 1.63. The third-order valence-corrected chi connectivity index (χ3v) is 3.66. The van der Waals surface area contributed by atoms with E-state index < -0.39 is 0 Å². The zero-order valence-electron chi connectivity index (χ0n) is 13.4. The summed E-state index contributed by atoms with van der Waals surface area (Å²) in [4.78, 5) is 16.8. The second-order valence-corrected chi connectivity index (χ2v) is 5.30. The van der Waals surface area contributed by atoms with Crippen molar-refractivity contribution in [2.24, 2.45) is 0 Å².